The van der Waals surface area contributed by atoms with Gasteiger partial charge in [0, 0.05) is 24.9 Å². The Hall–Kier alpha value is -0.600. The molecule has 1 aromatic carbocycles. The number of thioether (sulfide) groups is 1. The Bertz CT molecular complexity index is 601. The first kappa shape index (κ1) is 19.7. The van der Waals surface area contributed by atoms with Crippen LogP contribution in [0.1, 0.15) is 19.4 Å². The molecule has 2 atom stereocenters. The van der Waals surface area contributed by atoms with Crippen LogP contribution in [0.15, 0.2) is 18.2 Å². The fourth-order valence-electron chi connectivity index (χ4n) is 2.77. The number of aromatic hydroxyl groups is 1. The summed E-state index contributed by atoms with van der Waals surface area (Å²) in [6.07, 6.45) is 2.02. The van der Waals surface area contributed by atoms with Crippen LogP contribution in [-0.4, -0.2) is 50.7 Å². The van der Waals surface area contributed by atoms with Crippen molar-refractivity contribution >= 4 is 41.2 Å². The van der Waals surface area contributed by atoms with Gasteiger partial charge in [-0.05, 0) is 31.7 Å². The number of nitrogens with one attached hydrogen (secondary N) is 1. The zero-order valence-electron chi connectivity index (χ0n) is 14.1. The normalized spacial score (nSPS) is 21.1. The predicted molar refractivity (Wildman–Crippen MR) is 103 cm³/mol. The fourth-order valence-corrected chi connectivity index (χ4v) is 5.01. The molecule has 4 N–H and O–H groups in total. The van der Waals surface area contributed by atoms with Crippen LogP contribution in [0.2, 0.25) is 5.02 Å². The molecular weight excluding hydrogens is 366 g/mol. The van der Waals surface area contributed by atoms with Gasteiger partial charge in [0.1, 0.15) is 11.8 Å². The maximum atomic E-state index is 12.6. The van der Waals surface area contributed by atoms with E-state index in [-0.39, 0.29) is 40.1 Å². The molecule has 0 aliphatic carbocycles. The van der Waals surface area contributed by atoms with Gasteiger partial charge in [-0.1, -0.05) is 35.7 Å². The van der Waals surface area contributed by atoms with Crippen molar-refractivity contribution in [2.45, 2.75) is 37.2 Å². The van der Waals surface area contributed by atoms with Crippen LogP contribution in [-0.2, 0) is 11.3 Å². The number of carbonyl (C=O) groups is 1. The average molecular weight is 390 g/mol. The second kappa shape index (κ2) is 8.19. The first-order chi connectivity index (χ1) is 11.3. The Morgan fingerprint density at radius 1 is 1.58 bits per heavy atom. The maximum absolute atomic E-state index is 12.6. The molecule has 1 saturated heterocycles. The molecule has 1 amide bonds. The van der Waals surface area contributed by atoms with Gasteiger partial charge in [0.2, 0.25) is 5.91 Å². The van der Waals surface area contributed by atoms with E-state index in [0.717, 1.165) is 5.75 Å². The van der Waals surface area contributed by atoms with Crippen molar-refractivity contribution in [3.05, 3.63) is 28.8 Å². The number of hydrogen-bond acceptors (Lipinski definition) is 6. The van der Waals surface area contributed by atoms with E-state index in [2.05, 4.69) is 23.5 Å². The second-order valence-corrected chi connectivity index (χ2v) is 9.37. The Morgan fingerprint density at radius 3 is 2.92 bits per heavy atom. The number of nitrogens with two attached hydrogens (primary N) is 1. The highest BCUT2D eigenvalue weighted by molar-refractivity contribution is 8.00. The Morgan fingerprint density at radius 2 is 2.29 bits per heavy atom. The van der Waals surface area contributed by atoms with Crippen LogP contribution >= 0.6 is 35.3 Å². The SMILES string of the molecule is CSC[C@H](N)CN1SC(C)(C)[C@H]1C(=O)NCc1cccc(O)c1Cl. The fraction of sp³-hybridized carbons (Fsp3) is 0.562. The molecule has 2 rings (SSSR count). The summed E-state index contributed by atoms with van der Waals surface area (Å²) in [4.78, 5) is 12.6. The van der Waals surface area contributed by atoms with E-state index in [1.807, 2.05) is 6.26 Å². The van der Waals surface area contributed by atoms with Gasteiger partial charge in [0.15, 0.2) is 0 Å². The lowest BCUT2D eigenvalue weighted by Gasteiger charge is -2.52. The van der Waals surface area contributed by atoms with Gasteiger partial charge in [-0.15, -0.1) is 0 Å². The summed E-state index contributed by atoms with van der Waals surface area (Å²) < 4.78 is 1.89. The van der Waals surface area contributed by atoms with Gasteiger partial charge < -0.3 is 16.2 Å². The largest absolute Gasteiger partial charge is 0.506 e. The van der Waals surface area contributed by atoms with E-state index in [9.17, 15) is 9.90 Å². The Kier molecular flexibility index (Phi) is 6.73. The van der Waals surface area contributed by atoms with Gasteiger partial charge in [-0.25, -0.2) is 4.31 Å². The molecule has 8 heteroatoms. The predicted octanol–water partition coefficient (Wildman–Crippen LogP) is 2.46. The van der Waals surface area contributed by atoms with Crippen LogP contribution in [0.25, 0.3) is 0 Å². The lowest BCUT2D eigenvalue weighted by atomic mass is 10.0. The Labute approximate surface area is 156 Å². The van der Waals surface area contributed by atoms with Gasteiger partial charge in [0.25, 0.3) is 0 Å². The first-order valence-corrected chi connectivity index (χ1v) is 10.2. The smallest absolute Gasteiger partial charge is 0.240 e. The molecule has 134 valence electrons. The van der Waals surface area contributed by atoms with Crippen molar-refractivity contribution in [2.75, 3.05) is 18.6 Å². The molecule has 0 bridgehead atoms. The van der Waals surface area contributed by atoms with Crippen molar-refractivity contribution < 1.29 is 9.90 Å². The number of nitrogens with zero attached hydrogens (tertiary/aromatic N) is 1. The van der Waals surface area contributed by atoms with Gasteiger partial charge in [0.05, 0.1) is 9.77 Å². The molecule has 1 aliphatic heterocycles. The second-order valence-electron chi connectivity index (χ2n) is 6.38. The zero-order chi connectivity index (χ0) is 17.9. The number of amides is 1. The average Bonchev–Trinajstić information content (AvgIpc) is 2.48. The number of hydrogen-bond donors (Lipinski definition) is 3. The summed E-state index contributed by atoms with van der Waals surface area (Å²) in [7, 11) is 0. The minimum Gasteiger partial charge on any atom is -0.506 e. The van der Waals surface area contributed by atoms with Gasteiger partial charge >= 0.3 is 0 Å². The van der Waals surface area contributed by atoms with Crippen LogP contribution in [0.4, 0.5) is 0 Å². The number of benzene rings is 1. The first-order valence-electron chi connectivity index (χ1n) is 7.70. The highest BCUT2D eigenvalue weighted by Crippen LogP contribution is 2.46. The lowest BCUT2D eigenvalue weighted by molar-refractivity contribution is -0.126. The number of phenols is 1. The minimum atomic E-state index is -0.230. The highest BCUT2D eigenvalue weighted by Gasteiger charge is 2.51. The molecule has 0 radical (unpaired) electrons. The van der Waals surface area contributed by atoms with E-state index in [1.54, 1.807) is 35.8 Å². The maximum Gasteiger partial charge on any atom is 0.240 e. The molecule has 1 aliphatic rings. The molecular formula is C16H24ClN3O2S2. The molecule has 5 nitrogen and oxygen atoms in total. The van der Waals surface area contributed by atoms with E-state index < -0.39 is 0 Å². The van der Waals surface area contributed by atoms with Crippen molar-refractivity contribution in [3.63, 3.8) is 0 Å². The summed E-state index contributed by atoms with van der Waals surface area (Å²) >= 11 is 9.43. The number of phenolic OH excluding ortho intramolecular Hbond substituents is 1. The Balaban J connectivity index is 1.97. The van der Waals surface area contributed by atoms with Crippen LogP contribution in [0.5, 0.6) is 5.75 Å². The third-order valence-corrected chi connectivity index (χ3v) is 6.34. The molecule has 0 unspecified atom stereocenters. The molecule has 1 heterocycles. The molecule has 0 saturated carbocycles. The standard InChI is InChI=1S/C16H24ClN3O2S2/c1-16(2)14(20(24-16)8-11(18)9-23-3)15(22)19-7-10-5-4-6-12(21)13(10)17/h4-6,11,14,21H,7-9,18H2,1-3H3,(H,19,22)/t11-,14-/m1/s1. The van der Waals surface area contributed by atoms with Crippen molar-refractivity contribution in [1.82, 2.24) is 9.62 Å². The van der Waals surface area contributed by atoms with E-state index in [4.69, 9.17) is 17.3 Å². The van der Waals surface area contributed by atoms with Gasteiger partial charge in [-0.3, -0.25) is 4.79 Å². The third-order valence-electron chi connectivity index (χ3n) is 3.85. The van der Waals surface area contributed by atoms with Crippen molar-refractivity contribution in [3.8, 4) is 5.75 Å². The number of rotatable bonds is 7. The van der Waals surface area contributed by atoms with Crippen LogP contribution < -0.4 is 11.1 Å². The monoisotopic (exact) mass is 389 g/mol. The highest BCUT2D eigenvalue weighted by atomic mass is 35.5. The van der Waals surface area contributed by atoms with E-state index >= 15 is 0 Å². The van der Waals surface area contributed by atoms with Crippen LogP contribution in [0, 0.1) is 0 Å². The summed E-state index contributed by atoms with van der Waals surface area (Å²) in [5.74, 6) is 0.840. The number of halogens is 1. The van der Waals surface area contributed by atoms with Crippen molar-refractivity contribution in [2.24, 2.45) is 5.73 Å². The third kappa shape index (κ3) is 4.52. The lowest BCUT2D eigenvalue weighted by Crippen LogP contribution is -2.65. The molecule has 0 spiro atoms. The summed E-state index contributed by atoms with van der Waals surface area (Å²) in [5.41, 5.74) is 6.79. The quantitative estimate of drug-likeness (QED) is 0.622. The minimum absolute atomic E-state index is 0.0209. The molecule has 1 fully saturated rings. The molecule has 24 heavy (non-hydrogen) atoms. The van der Waals surface area contributed by atoms with Gasteiger partial charge in [-0.2, -0.15) is 11.8 Å². The summed E-state index contributed by atoms with van der Waals surface area (Å²) in [5, 5.41) is 12.8. The van der Waals surface area contributed by atoms with E-state index in [1.165, 1.54) is 6.07 Å². The summed E-state index contributed by atoms with van der Waals surface area (Å²) in [6.45, 7) is 5.08. The van der Waals surface area contributed by atoms with Crippen molar-refractivity contribution in [1.29, 1.82) is 0 Å². The number of carbonyl (C=O) groups excluding carboxylic acids is 1. The van der Waals surface area contributed by atoms with E-state index in [0.29, 0.717) is 12.1 Å². The molecule has 1 aromatic rings. The topological polar surface area (TPSA) is 78.6 Å². The zero-order valence-corrected chi connectivity index (χ0v) is 16.5. The molecule has 0 aromatic heterocycles. The summed E-state index contributed by atoms with van der Waals surface area (Å²) in [6, 6.07) is 4.83. The van der Waals surface area contributed by atoms with Crippen LogP contribution in [0.3, 0.4) is 0 Å².